The van der Waals surface area contributed by atoms with Gasteiger partial charge in [0.1, 0.15) is 0 Å². The van der Waals surface area contributed by atoms with Gasteiger partial charge in [0.25, 0.3) is 0 Å². The van der Waals surface area contributed by atoms with Gasteiger partial charge in [-0.05, 0) is 26.0 Å². The summed E-state index contributed by atoms with van der Waals surface area (Å²) in [4.78, 5) is 5.34. The van der Waals surface area contributed by atoms with Crippen LogP contribution in [0.25, 0.3) is 4.98 Å². The number of hydrogen-bond donors (Lipinski definition) is 0. The highest BCUT2D eigenvalue weighted by molar-refractivity contribution is 6.33. The second-order valence-electron chi connectivity index (χ2n) is 3.04. The molecule has 0 fully saturated rings. The summed E-state index contributed by atoms with van der Waals surface area (Å²) in [6.45, 7) is 6.22. The van der Waals surface area contributed by atoms with Crippen molar-refractivity contribution < 1.29 is 12.9 Å². The Hall–Kier alpha value is -1.71. The van der Waals surface area contributed by atoms with Crippen LogP contribution in [0.1, 0.15) is 13.8 Å². The van der Waals surface area contributed by atoms with Gasteiger partial charge in [-0.15, -0.1) is 0 Å². The third-order valence-electron chi connectivity index (χ3n) is 2.09. The third-order valence-corrected chi connectivity index (χ3v) is 2.09. The quantitative estimate of drug-likeness (QED) is 0.596. The van der Waals surface area contributed by atoms with E-state index in [-0.39, 0.29) is 0 Å². The molecule has 0 N–H and O–H groups in total. The van der Waals surface area contributed by atoms with Gasteiger partial charge < -0.3 is 4.90 Å². The van der Waals surface area contributed by atoms with E-state index in [1.165, 1.54) is 0 Å². The number of hydrogen-bond acceptors (Lipinski definition) is 2. The maximum Gasteiger partial charge on any atom is 0.762 e. The molecule has 3 nitrogen and oxygen atoms in total. The molecule has 1 aromatic carbocycles. The van der Waals surface area contributed by atoms with Crippen molar-refractivity contribution in [2.24, 2.45) is 0 Å². The summed E-state index contributed by atoms with van der Waals surface area (Å²) < 4.78 is 29.0. The number of anilines is 1. The molecule has 0 saturated carbocycles. The molecule has 0 unspecified atom stereocenters. The van der Waals surface area contributed by atoms with E-state index >= 15 is 0 Å². The summed E-state index contributed by atoms with van der Waals surface area (Å²) in [5.41, 5.74) is 1.76. The molecule has 0 spiro atoms. The molecule has 0 radical (unpaired) electrons. The molecule has 7 heteroatoms. The van der Waals surface area contributed by atoms with Gasteiger partial charge in [0, 0.05) is 30.9 Å². The van der Waals surface area contributed by atoms with Crippen LogP contribution in [0.3, 0.4) is 0 Å². The van der Waals surface area contributed by atoms with E-state index in [0.29, 0.717) is 5.69 Å². The van der Waals surface area contributed by atoms with Crippen LogP contribution in [0.4, 0.5) is 24.3 Å². The number of benzene rings is 1. The molecule has 0 aliphatic carbocycles. The molecule has 0 heterocycles. The van der Waals surface area contributed by atoms with Crippen molar-refractivity contribution in [1.82, 2.24) is 0 Å². The second kappa shape index (κ2) is 8.45. The first kappa shape index (κ1) is 15.3. The highest BCUT2D eigenvalue weighted by Crippen LogP contribution is 2.19. The van der Waals surface area contributed by atoms with Crippen molar-refractivity contribution in [3.05, 3.63) is 29.2 Å². The van der Waals surface area contributed by atoms with Crippen molar-refractivity contribution in [3.63, 3.8) is 0 Å². The fourth-order valence-corrected chi connectivity index (χ4v) is 1.32. The summed E-state index contributed by atoms with van der Waals surface area (Å²) in [5, 5.41) is 8.49. The largest absolute Gasteiger partial charge is 0.762 e. The van der Waals surface area contributed by atoms with Crippen molar-refractivity contribution in [3.8, 4) is 0 Å². The van der Waals surface area contributed by atoms with Gasteiger partial charge in [0.2, 0.25) is 5.39 Å². The van der Waals surface area contributed by atoms with Crippen molar-refractivity contribution in [2.75, 3.05) is 18.0 Å². The van der Waals surface area contributed by atoms with Gasteiger partial charge in [-0.2, -0.15) is 0 Å². The minimum atomic E-state index is -3.67. The molecule has 0 amide bonds. The molecule has 1 aromatic rings. The van der Waals surface area contributed by atoms with Gasteiger partial charge in [-0.25, -0.2) is 0 Å². The van der Waals surface area contributed by atoms with Crippen LogP contribution in [-0.2, 0) is 0 Å². The average Bonchev–Trinajstić information content (AvgIpc) is 2.31. The summed E-state index contributed by atoms with van der Waals surface area (Å²) in [5.74, 6) is 0. The maximum absolute atomic E-state index is 9.67. The van der Waals surface area contributed by atoms with E-state index in [1.807, 2.05) is 12.1 Å². The van der Waals surface area contributed by atoms with Gasteiger partial charge in [-0.3, -0.25) is 12.9 Å². The second-order valence-corrected chi connectivity index (χ2v) is 3.04. The Morgan fingerprint density at radius 1 is 1.12 bits per heavy atom. The molecular weight excluding hydrogens is 230 g/mol. The average molecular weight is 244 g/mol. The van der Waals surface area contributed by atoms with Crippen LogP contribution in [0.2, 0.25) is 0 Å². The number of nitrogens with zero attached hydrogens (tertiary/aromatic N) is 3. The van der Waals surface area contributed by atoms with Crippen LogP contribution >= 0.6 is 0 Å². The zero-order valence-electron chi connectivity index (χ0n) is 9.78. The van der Waals surface area contributed by atoms with Crippen LogP contribution in [0.5, 0.6) is 0 Å². The standard InChI is InChI=1S/C10H14N3.BF3/c1-3-13(4-2)10-7-5-9(12-11)6-8-10;2-1(3)4/h5-8H,3-4H2,1-2H3;/q+1;. The highest BCUT2D eigenvalue weighted by atomic mass is 19.4. The maximum atomic E-state index is 9.67. The Bertz CT molecular complexity index is 344. The number of halogens is 3. The van der Waals surface area contributed by atoms with Crippen molar-refractivity contribution >= 4 is 18.9 Å². The monoisotopic (exact) mass is 244 g/mol. The number of diazo groups is 1. The minimum absolute atomic E-state index is 0.593. The van der Waals surface area contributed by atoms with E-state index < -0.39 is 7.54 Å². The fourth-order valence-electron chi connectivity index (χ4n) is 1.32. The Balaban J connectivity index is 0.000000557. The zero-order valence-corrected chi connectivity index (χ0v) is 9.78. The third kappa shape index (κ3) is 6.46. The lowest BCUT2D eigenvalue weighted by Gasteiger charge is -2.20. The summed E-state index contributed by atoms with van der Waals surface area (Å²) in [7, 11) is -3.67. The molecule has 17 heavy (non-hydrogen) atoms. The summed E-state index contributed by atoms with van der Waals surface area (Å²) in [6.07, 6.45) is 0. The molecule has 0 aromatic heterocycles. The fraction of sp³-hybridized carbons (Fsp3) is 0.400. The molecule has 0 aliphatic heterocycles. The molecule has 0 atom stereocenters. The lowest BCUT2D eigenvalue weighted by Crippen LogP contribution is -2.21. The van der Waals surface area contributed by atoms with Crippen molar-refractivity contribution in [1.29, 1.82) is 5.39 Å². The van der Waals surface area contributed by atoms with E-state index in [4.69, 9.17) is 5.39 Å². The molecule has 0 bridgehead atoms. The molecule has 0 aliphatic rings. The smallest absolute Gasteiger partial charge is 0.372 e. The number of rotatable bonds is 3. The van der Waals surface area contributed by atoms with E-state index in [1.54, 1.807) is 12.1 Å². The first-order valence-electron chi connectivity index (χ1n) is 5.17. The zero-order chi connectivity index (χ0) is 13.3. The Kier molecular flexibility index (Phi) is 7.60. The molecular formula is C10H14BF3N3+. The van der Waals surface area contributed by atoms with Crippen LogP contribution in [0, 0.1) is 5.39 Å². The Morgan fingerprint density at radius 2 is 1.53 bits per heavy atom. The SMILES string of the molecule is CCN(CC)c1ccc([N+]#N)cc1.FB(F)F. The predicted octanol–water partition coefficient (Wildman–Crippen LogP) is 3.90. The predicted molar refractivity (Wildman–Crippen MR) is 63.8 cm³/mol. The molecule has 92 valence electrons. The topological polar surface area (TPSA) is 31.4 Å². The van der Waals surface area contributed by atoms with Crippen molar-refractivity contribution in [2.45, 2.75) is 13.8 Å². The minimum Gasteiger partial charge on any atom is -0.372 e. The van der Waals surface area contributed by atoms with Crippen LogP contribution in [0.15, 0.2) is 24.3 Å². The highest BCUT2D eigenvalue weighted by Gasteiger charge is 2.06. The lowest BCUT2D eigenvalue weighted by atomic mass is 10.2. The lowest BCUT2D eigenvalue weighted by molar-refractivity contribution is 0.535. The normalized spacial score (nSPS) is 8.71. The summed E-state index contributed by atoms with van der Waals surface area (Å²) in [6, 6.07) is 7.52. The first-order valence-corrected chi connectivity index (χ1v) is 5.17. The van der Waals surface area contributed by atoms with Crippen LogP contribution in [-0.4, -0.2) is 20.6 Å². The van der Waals surface area contributed by atoms with Gasteiger partial charge in [0.05, 0.1) is 0 Å². The van der Waals surface area contributed by atoms with E-state index in [0.717, 1.165) is 18.8 Å². The van der Waals surface area contributed by atoms with Gasteiger partial charge in [-0.1, -0.05) is 0 Å². The molecule has 1 rings (SSSR count). The van der Waals surface area contributed by atoms with E-state index in [9.17, 15) is 12.9 Å². The van der Waals surface area contributed by atoms with Gasteiger partial charge >= 0.3 is 13.2 Å². The molecule has 0 saturated heterocycles. The van der Waals surface area contributed by atoms with Gasteiger partial charge in [0.15, 0.2) is 4.98 Å². The Labute approximate surface area is 99.1 Å². The summed E-state index contributed by atoms with van der Waals surface area (Å²) >= 11 is 0. The van der Waals surface area contributed by atoms with E-state index in [2.05, 4.69) is 23.7 Å². The Morgan fingerprint density at radius 3 is 1.82 bits per heavy atom. The first-order chi connectivity index (χ1) is 8.04. The van der Waals surface area contributed by atoms with Crippen LogP contribution < -0.4 is 4.90 Å².